The van der Waals surface area contributed by atoms with Crippen LogP contribution in [0, 0.1) is 0 Å². The highest BCUT2D eigenvalue weighted by Gasteiger charge is 2.21. The largest absolute Gasteiger partial charge is 0.385 e. The molecule has 2 N–H and O–H groups in total. The van der Waals surface area contributed by atoms with E-state index in [9.17, 15) is 4.79 Å². The Labute approximate surface area is 106 Å². The molecule has 0 aliphatic carbocycles. The smallest absolute Gasteiger partial charge is 0.256 e. The van der Waals surface area contributed by atoms with Gasteiger partial charge in [0.1, 0.15) is 0 Å². The Hall–Kier alpha value is -1.74. The number of carbonyl (C=O) groups is 1. The SMILES string of the molecule is CCNc1ccc2c3c(cccc13)C(=O)N2.Cl. The van der Waals surface area contributed by atoms with Gasteiger partial charge in [0.2, 0.25) is 0 Å². The molecule has 0 radical (unpaired) electrons. The molecule has 0 bridgehead atoms. The third kappa shape index (κ3) is 1.63. The molecule has 1 heterocycles. The van der Waals surface area contributed by atoms with Gasteiger partial charge in [-0.2, -0.15) is 0 Å². The van der Waals surface area contributed by atoms with E-state index in [-0.39, 0.29) is 18.3 Å². The van der Waals surface area contributed by atoms with Crippen LogP contribution in [0.3, 0.4) is 0 Å². The summed E-state index contributed by atoms with van der Waals surface area (Å²) >= 11 is 0. The van der Waals surface area contributed by atoms with Gasteiger partial charge in [-0.1, -0.05) is 12.1 Å². The Balaban J connectivity index is 0.00000108. The summed E-state index contributed by atoms with van der Waals surface area (Å²) in [5.41, 5.74) is 2.77. The van der Waals surface area contributed by atoms with Gasteiger partial charge in [-0.15, -0.1) is 12.4 Å². The maximum Gasteiger partial charge on any atom is 0.256 e. The summed E-state index contributed by atoms with van der Waals surface area (Å²) in [4.78, 5) is 11.7. The Morgan fingerprint density at radius 1 is 1.24 bits per heavy atom. The quantitative estimate of drug-likeness (QED) is 0.857. The molecule has 0 atom stereocenters. The monoisotopic (exact) mass is 248 g/mol. The van der Waals surface area contributed by atoms with Gasteiger partial charge in [-0.3, -0.25) is 4.79 Å². The molecule has 2 aromatic carbocycles. The van der Waals surface area contributed by atoms with E-state index in [0.29, 0.717) is 0 Å². The van der Waals surface area contributed by atoms with E-state index in [2.05, 4.69) is 17.6 Å². The van der Waals surface area contributed by atoms with Crippen LogP contribution in [0.2, 0.25) is 0 Å². The number of hydrogen-bond donors (Lipinski definition) is 2. The number of halogens is 1. The number of nitrogens with one attached hydrogen (secondary N) is 2. The molecule has 0 fully saturated rings. The minimum Gasteiger partial charge on any atom is -0.385 e. The second-order valence-electron chi connectivity index (χ2n) is 3.87. The van der Waals surface area contributed by atoms with E-state index >= 15 is 0 Å². The van der Waals surface area contributed by atoms with Crippen LogP contribution in [-0.4, -0.2) is 12.5 Å². The van der Waals surface area contributed by atoms with Gasteiger partial charge in [-0.05, 0) is 25.1 Å². The van der Waals surface area contributed by atoms with Crippen molar-refractivity contribution < 1.29 is 4.79 Å². The van der Waals surface area contributed by atoms with Crippen LogP contribution in [0.15, 0.2) is 30.3 Å². The zero-order valence-corrected chi connectivity index (χ0v) is 10.2. The highest BCUT2D eigenvalue weighted by atomic mass is 35.5. The van der Waals surface area contributed by atoms with Crippen LogP contribution in [-0.2, 0) is 0 Å². The average Bonchev–Trinajstić information content (AvgIpc) is 2.62. The van der Waals surface area contributed by atoms with Gasteiger partial charge in [0.05, 0.1) is 0 Å². The molecule has 1 aliphatic heterocycles. The third-order valence-corrected chi connectivity index (χ3v) is 2.90. The van der Waals surface area contributed by atoms with E-state index in [0.717, 1.165) is 34.3 Å². The van der Waals surface area contributed by atoms with Crippen molar-refractivity contribution in [2.45, 2.75) is 6.92 Å². The molecular weight excluding hydrogens is 236 g/mol. The van der Waals surface area contributed by atoms with Gasteiger partial charge in [0, 0.05) is 34.3 Å². The third-order valence-electron chi connectivity index (χ3n) is 2.90. The molecule has 3 nitrogen and oxygen atoms in total. The predicted molar refractivity (Wildman–Crippen MR) is 73.3 cm³/mol. The standard InChI is InChI=1S/C13H12N2O.ClH/c1-2-14-10-6-7-11-12-8(10)4-3-5-9(12)13(16)15-11;/h3-7,14H,2H2,1H3,(H,15,16);1H. The lowest BCUT2D eigenvalue weighted by Gasteiger charge is -2.08. The fraction of sp³-hybridized carbons (Fsp3) is 0.154. The lowest BCUT2D eigenvalue weighted by Crippen LogP contribution is -2.03. The molecule has 0 spiro atoms. The van der Waals surface area contributed by atoms with Gasteiger partial charge < -0.3 is 10.6 Å². The van der Waals surface area contributed by atoms with Crippen LogP contribution in [0.5, 0.6) is 0 Å². The summed E-state index contributed by atoms with van der Waals surface area (Å²) in [6.07, 6.45) is 0. The molecule has 0 saturated carbocycles. The fourth-order valence-corrected chi connectivity index (χ4v) is 2.23. The second kappa shape index (κ2) is 4.26. The molecule has 0 saturated heterocycles. The normalized spacial score (nSPS) is 12.2. The summed E-state index contributed by atoms with van der Waals surface area (Å²) in [6.45, 7) is 2.94. The number of hydrogen-bond acceptors (Lipinski definition) is 2. The molecule has 4 heteroatoms. The van der Waals surface area contributed by atoms with E-state index in [1.165, 1.54) is 0 Å². The van der Waals surface area contributed by atoms with E-state index in [1.807, 2.05) is 30.3 Å². The molecule has 0 unspecified atom stereocenters. The van der Waals surface area contributed by atoms with Crippen molar-refractivity contribution in [1.82, 2.24) is 0 Å². The topological polar surface area (TPSA) is 41.1 Å². The van der Waals surface area contributed by atoms with Gasteiger partial charge in [0.25, 0.3) is 5.91 Å². The summed E-state index contributed by atoms with van der Waals surface area (Å²) in [5, 5.41) is 8.32. The Kier molecular flexibility index (Phi) is 2.94. The first-order valence-corrected chi connectivity index (χ1v) is 5.42. The summed E-state index contributed by atoms with van der Waals surface area (Å²) in [7, 11) is 0. The maximum absolute atomic E-state index is 11.7. The summed E-state index contributed by atoms with van der Waals surface area (Å²) < 4.78 is 0. The molecule has 1 amide bonds. The van der Waals surface area contributed by atoms with Crippen molar-refractivity contribution in [3.8, 4) is 0 Å². The Morgan fingerprint density at radius 2 is 2.06 bits per heavy atom. The first kappa shape index (κ1) is 11.7. The zero-order chi connectivity index (χ0) is 11.1. The van der Waals surface area contributed by atoms with E-state index < -0.39 is 0 Å². The highest BCUT2D eigenvalue weighted by Crippen LogP contribution is 2.36. The number of carbonyl (C=O) groups excluding carboxylic acids is 1. The van der Waals surface area contributed by atoms with Crippen molar-refractivity contribution >= 4 is 40.5 Å². The lowest BCUT2D eigenvalue weighted by atomic mass is 10.0. The van der Waals surface area contributed by atoms with Crippen LogP contribution >= 0.6 is 12.4 Å². The lowest BCUT2D eigenvalue weighted by molar-refractivity contribution is 0.103. The van der Waals surface area contributed by atoms with Crippen molar-refractivity contribution in [1.29, 1.82) is 0 Å². The van der Waals surface area contributed by atoms with Crippen LogP contribution in [0.4, 0.5) is 11.4 Å². The van der Waals surface area contributed by atoms with E-state index in [1.54, 1.807) is 0 Å². The Bertz CT molecular complexity index is 595. The highest BCUT2D eigenvalue weighted by molar-refractivity contribution is 6.25. The van der Waals surface area contributed by atoms with Crippen LogP contribution < -0.4 is 10.6 Å². The zero-order valence-electron chi connectivity index (χ0n) is 9.41. The molecular formula is C13H13ClN2O. The molecule has 2 aromatic rings. The maximum atomic E-state index is 11.7. The van der Waals surface area contributed by atoms with Gasteiger partial charge in [-0.25, -0.2) is 0 Å². The summed E-state index contributed by atoms with van der Waals surface area (Å²) in [5.74, 6) is -0.00533. The number of benzene rings is 2. The van der Waals surface area contributed by atoms with Crippen molar-refractivity contribution in [2.24, 2.45) is 0 Å². The summed E-state index contributed by atoms with van der Waals surface area (Å²) in [6, 6.07) is 9.79. The van der Waals surface area contributed by atoms with E-state index in [4.69, 9.17) is 0 Å². The first-order chi connectivity index (χ1) is 7.81. The molecule has 0 aromatic heterocycles. The molecule has 1 aliphatic rings. The average molecular weight is 249 g/mol. The van der Waals surface area contributed by atoms with Crippen LogP contribution in [0.25, 0.3) is 10.8 Å². The van der Waals surface area contributed by atoms with Gasteiger partial charge in [0.15, 0.2) is 0 Å². The minimum atomic E-state index is -0.00533. The van der Waals surface area contributed by atoms with Gasteiger partial charge >= 0.3 is 0 Å². The molecule has 17 heavy (non-hydrogen) atoms. The molecule has 3 rings (SSSR count). The first-order valence-electron chi connectivity index (χ1n) is 5.42. The minimum absolute atomic E-state index is 0. The second-order valence-corrected chi connectivity index (χ2v) is 3.87. The molecule has 88 valence electrons. The van der Waals surface area contributed by atoms with Crippen molar-refractivity contribution in [3.63, 3.8) is 0 Å². The fourth-order valence-electron chi connectivity index (χ4n) is 2.23. The predicted octanol–water partition coefficient (Wildman–Crippen LogP) is 3.26. The number of amides is 1. The number of rotatable bonds is 2. The number of anilines is 2. The van der Waals surface area contributed by atoms with Crippen molar-refractivity contribution in [3.05, 3.63) is 35.9 Å². The Morgan fingerprint density at radius 3 is 2.82 bits per heavy atom. The van der Waals surface area contributed by atoms with Crippen LogP contribution in [0.1, 0.15) is 17.3 Å². The van der Waals surface area contributed by atoms with Crippen molar-refractivity contribution in [2.75, 3.05) is 17.2 Å².